The third kappa shape index (κ3) is 20.7. The minimum Gasteiger partial charge on any atom is -0.465 e. The molecule has 12 nitrogen and oxygen atoms in total. The lowest BCUT2D eigenvalue weighted by atomic mass is 9.75. The fourth-order valence-electron chi connectivity index (χ4n) is 17.5. The van der Waals surface area contributed by atoms with Crippen molar-refractivity contribution in [3.63, 3.8) is 0 Å². The zero-order valence-electron chi connectivity index (χ0n) is 66.0. The molecule has 0 heterocycles. The van der Waals surface area contributed by atoms with Crippen LogP contribution in [0.15, 0.2) is 84.9 Å². The maximum absolute atomic E-state index is 7.16. The SMILES string of the molecule is CCOC(C)Oc1cc(C)c(C(c2cc(C3CCCCC3)c(OC(C)OCC)cc2C)c2cc(Cc3ccc(OC(C)OCC)c(C(c4cc(C5CCCCC5)c(OC(C)OCC)cc4C)c4cc(C5CCCCC5)c(OC(C)OCC)cc4C)c3)ccc2OC(C)OCC)cc1C1CCCCC1. The van der Waals surface area contributed by atoms with Gasteiger partial charge >= 0.3 is 0 Å². The highest BCUT2D eigenvalue weighted by Gasteiger charge is 2.35. The van der Waals surface area contributed by atoms with Gasteiger partial charge in [0.25, 0.3) is 0 Å². The van der Waals surface area contributed by atoms with E-state index >= 15 is 0 Å². The highest BCUT2D eigenvalue weighted by Crippen LogP contribution is 2.52. The maximum Gasteiger partial charge on any atom is 0.196 e. The van der Waals surface area contributed by atoms with Gasteiger partial charge in [-0.3, -0.25) is 0 Å². The summed E-state index contributed by atoms with van der Waals surface area (Å²) in [5, 5.41) is 0. The van der Waals surface area contributed by atoms with Crippen LogP contribution in [-0.2, 0) is 34.8 Å². The Labute approximate surface area is 620 Å². The van der Waals surface area contributed by atoms with Crippen LogP contribution in [0.1, 0.15) is 336 Å². The summed E-state index contributed by atoms with van der Waals surface area (Å²) >= 11 is 0. The quantitative estimate of drug-likeness (QED) is 0.0276. The average Bonchev–Trinajstić information content (AvgIpc) is 0.759. The number of rotatable bonds is 36. The number of hydrogen-bond acceptors (Lipinski definition) is 12. The first kappa shape index (κ1) is 79.4. The number of hydrogen-bond donors (Lipinski definition) is 0. The van der Waals surface area contributed by atoms with Crippen LogP contribution in [0.4, 0.5) is 0 Å². The van der Waals surface area contributed by atoms with E-state index in [4.69, 9.17) is 56.8 Å². The minimum absolute atomic E-state index is 0.282. The molecule has 0 aliphatic heterocycles. The topological polar surface area (TPSA) is 111 Å². The predicted octanol–water partition coefficient (Wildman–Crippen LogP) is 23.6. The Hall–Kier alpha value is -6.12. The summed E-state index contributed by atoms with van der Waals surface area (Å²) < 4.78 is 79.0. The molecule has 0 bridgehead atoms. The molecule has 0 N–H and O–H groups in total. The van der Waals surface area contributed by atoms with Crippen LogP contribution in [0.25, 0.3) is 0 Å². The summed E-state index contributed by atoms with van der Waals surface area (Å²) in [6.45, 7) is 36.7. The summed E-state index contributed by atoms with van der Waals surface area (Å²) in [5.41, 5.74) is 19.0. The maximum atomic E-state index is 7.16. The zero-order valence-corrected chi connectivity index (χ0v) is 66.0. The first-order chi connectivity index (χ1) is 49.9. The van der Waals surface area contributed by atoms with E-state index in [1.165, 1.54) is 122 Å². The molecule has 6 aromatic rings. The van der Waals surface area contributed by atoms with E-state index in [0.717, 1.165) is 130 Å². The molecule has 564 valence electrons. The fraction of sp³-hybridized carbons (Fsp3) is 0.604. The molecule has 6 unspecified atom stereocenters. The van der Waals surface area contributed by atoms with Crippen LogP contribution in [0.2, 0.25) is 0 Å². The van der Waals surface area contributed by atoms with Gasteiger partial charge in [0.05, 0.1) is 0 Å². The molecule has 4 aliphatic rings. The third-order valence-electron chi connectivity index (χ3n) is 22.4. The zero-order chi connectivity index (χ0) is 73.1. The van der Waals surface area contributed by atoms with Crippen molar-refractivity contribution >= 4 is 0 Å². The average molecular weight is 1410 g/mol. The van der Waals surface area contributed by atoms with Gasteiger partial charge in [-0.1, -0.05) is 126 Å². The Kier molecular flexibility index (Phi) is 30.0. The minimum atomic E-state index is -0.516. The molecule has 0 radical (unpaired) electrons. The Morgan fingerprint density at radius 1 is 0.262 bits per heavy atom. The van der Waals surface area contributed by atoms with E-state index in [1.807, 2.05) is 83.1 Å². The molecule has 0 spiro atoms. The molecule has 0 amide bonds. The second kappa shape index (κ2) is 38.9. The largest absolute Gasteiger partial charge is 0.465 e. The normalized spacial score (nSPS) is 18.3. The van der Waals surface area contributed by atoms with Crippen LogP contribution in [-0.4, -0.2) is 77.4 Å². The number of benzene rings is 6. The van der Waals surface area contributed by atoms with Gasteiger partial charge in [0.2, 0.25) is 0 Å². The van der Waals surface area contributed by atoms with Crippen LogP contribution in [0.3, 0.4) is 0 Å². The van der Waals surface area contributed by atoms with Gasteiger partial charge in [-0.05, 0) is 307 Å². The summed E-state index contributed by atoms with van der Waals surface area (Å²) in [5.74, 6) is 6.01. The van der Waals surface area contributed by atoms with Crippen molar-refractivity contribution in [1.82, 2.24) is 0 Å². The molecule has 4 aliphatic carbocycles. The summed E-state index contributed by atoms with van der Waals surface area (Å²) in [4.78, 5) is 0. The van der Waals surface area contributed by atoms with E-state index in [9.17, 15) is 0 Å². The molecule has 4 saturated carbocycles. The van der Waals surface area contributed by atoms with Crippen molar-refractivity contribution in [2.75, 3.05) is 39.6 Å². The van der Waals surface area contributed by atoms with Crippen molar-refractivity contribution in [3.8, 4) is 34.5 Å². The van der Waals surface area contributed by atoms with E-state index in [1.54, 1.807) is 0 Å². The highest BCUT2D eigenvalue weighted by atomic mass is 16.7. The molecule has 10 rings (SSSR count). The molecular formula is C91H128O12. The monoisotopic (exact) mass is 1410 g/mol. The highest BCUT2D eigenvalue weighted by molar-refractivity contribution is 5.62. The Balaban J connectivity index is 1.23. The molecule has 4 fully saturated rings. The van der Waals surface area contributed by atoms with Crippen molar-refractivity contribution in [1.29, 1.82) is 0 Å². The first-order valence-electron chi connectivity index (χ1n) is 40.4. The lowest BCUT2D eigenvalue weighted by Crippen LogP contribution is -2.21. The lowest BCUT2D eigenvalue weighted by Gasteiger charge is -2.32. The van der Waals surface area contributed by atoms with E-state index in [0.29, 0.717) is 69.7 Å². The molecule has 0 aromatic heterocycles. The summed E-state index contributed by atoms with van der Waals surface area (Å²) in [6, 6.07) is 33.2. The Bertz CT molecular complexity index is 3220. The van der Waals surface area contributed by atoms with Crippen molar-refractivity contribution in [3.05, 3.63) is 174 Å². The van der Waals surface area contributed by atoms with Gasteiger partial charge < -0.3 is 56.8 Å². The van der Waals surface area contributed by atoms with Gasteiger partial charge in [0.15, 0.2) is 37.7 Å². The summed E-state index contributed by atoms with van der Waals surface area (Å²) in [6.07, 6.45) is 21.3. The lowest BCUT2D eigenvalue weighted by molar-refractivity contribution is -0.0624. The van der Waals surface area contributed by atoms with Crippen molar-refractivity contribution < 1.29 is 56.8 Å². The van der Waals surface area contributed by atoms with Gasteiger partial charge in [-0.25, -0.2) is 0 Å². The standard InChI is InChI=1S/C91H128O12/c1-17-92-62(11)98-84-45-43-68(52-82(84)90(74-54-78(70-35-27-23-28-36-70)86(47-58(74)7)100-64(13)94-19-3)75-55-79(71-37-29-24-30-38-71)87(48-59(75)8)101-65(14)95-20-4)51-69-44-46-85(99-63(12)93-18-2)83(53-69)91(76-56-80(72-39-31-25-32-40-72)88(49-60(76)9)102-66(15)96-21-5)77-57-81(73-41-33-26-34-42-73)89(50-61(77)10)103-67(16)97-22-6/h43-50,52-57,62-67,70-73,90-91H,17-42,51H2,1-16H3. The van der Waals surface area contributed by atoms with Crippen molar-refractivity contribution in [2.24, 2.45) is 0 Å². The van der Waals surface area contributed by atoms with Crippen LogP contribution >= 0.6 is 0 Å². The van der Waals surface area contributed by atoms with Gasteiger partial charge in [0.1, 0.15) is 34.5 Å². The fourth-order valence-corrected chi connectivity index (χ4v) is 17.5. The van der Waals surface area contributed by atoms with Crippen LogP contribution in [0, 0.1) is 27.7 Å². The van der Waals surface area contributed by atoms with Crippen molar-refractivity contribution in [2.45, 2.75) is 319 Å². The Morgan fingerprint density at radius 3 is 0.689 bits per heavy atom. The second-order valence-electron chi connectivity index (χ2n) is 30.0. The first-order valence-corrected chi connectivity index (χ1v) is 40.4. The molecule has 6 atom stereocenters. The smallest absolute Gasteiger partial charge is 0.196 e. The predicted molar refractivity (Wildman–Crippen MR) is 416 cm³/mol. The Morgan fingerprint density at radius 2 is 0.476 bits per heavy atom. The second-order valence-corrected chi connectivity index (χ2v) is 30.0. The number of ether oxygens (including phenoxy) is 12. The molecular weight excluding hydrogens is 1280 g/mol. The van der Waals surface area contributed by atoms with E-state index in [-0.39, 0.29) is 11.8 Å². The van der Waals surface area contributed by atoms with E-state index in [2.05, 4.69) is 113 Å². The summed E-state index contributed by atoms with van der Waals surface area (Å²) in [7, 11) is 0. The molecule has 103 heavy (non-hydrogen) atoms. The number of aryl methyl sites for hydroxylation is 4. The van der Waals surface area contributed by atoms with Crippen LogP contribution in [0.5, 0.6) is 34.5 Å². The molecule has 12 heteroatoms. The van der Waals surface area contributed by atoms with E-state index < -0.39 is 37.7 Å². The van der Waals surface area contributed by atoms with Gasteiger partial charge in [-0.15, -0.1) is 0 Å². The third-order valence-corrected chi connectivity index (χ3v) is 22.4. The molecule has 6 aromatic carbocycles. The van der Waals surface area contributed by atoms with Gasteiger partial charge in [-0.2, -0.15) is 0 Å². The van der Waals surface area contributed by atoms with Crippen LogP contribution < -0.4 is 28.4 Å². The molecule has 0 saturated heterocycles. The van der Waals surface area contributed by atoms with Gasteiger partial charge in [0, 0.05) is 62.6 Å².